The number of aromatic nitrogens is 1. The van der Waals surface area contributed by atoms with Gasteiger partial charge in [-0.25, -0.2) is 0 Å². The lowest BCUT2D eigenvalue weighted by atomic mass is 10.0. The molecule has 1 aliphatic heterocycles. The maximum atomic E-state index is 12.7. The standard InChI is InChI=1S/C32H36N4O4/c1-34-32(38)27-10-11-29(39-2)26(30(27)40-21-22-6-4-3-5-7-22)15-18-35-16-13-25(14-17-35)36-19-12-23-8-9-24(31(33)37)20-28(23)36/h3-12,19-20,25H,13-18,21H2,1-2H3,(H2,33,37)(H,34,38). The van der Waals surface area contributed by atoms with E-state index in [2.05, 4.69) is 27.0 Å². The number of piperidine rings is 1. The van der Waals surface area contributed by atoms with Crippen LogP contribution in [0.4, 0.5) is 0 Å². The summed E-state index contributed by atoms with van der Waals surface area (Å²) < 4.78 is 14.3. The van der Waals surface area contributed by atoms with Crippen LogP contribution in [-0.4, -0.2) is 55.1 Å². The normalized spacial score (nSPS) is 14.2. The zero-order chi connectivity index (χ0) is 28.1. The van der Waals surface area contributed by atoms with E-state index in [0.717, 1.165) is 60.3 Å². The summed E-state index contributed by atoms with van der Waals surface area (Å²) in [6.45, 7) is 3.06. The lowest BCUT2D eigenvalue weighted by Crippen LogP contribution is -2.36. The number of hydrogen-bond donors (Lipinski definition) is 2. The number of rotatable bonds is 10. The molecule has 1 aromatic heterocycles. The highest BCUT2D eigenvalue weighted by atomic mass is 16.5. The number of amides is 2. The predicted octanol–water partition coefficient (Wildman–Crippen LogP) is 4.57. The SMILES string of the molecule is CNC(=O)c1ccc(OC)c(CCN2CCC(n3ccc4ccc(C(N)=O)cc43)CC2)c1OCc1ccccc1. The van der Waals surface area contributed by atoms with Crippen molar-refractivity contribution in [3.63, 3.8) is 0 Å². The van der Waals surface area contributed by atoms with Crippen molar-refractivity contribution in [2.45, 2.75) is 31.9 Å². The molecule has 8 heteroatoms. The lowest BCUT2D eigenvalue weighted by molar-refractivity contribution is 0.0956. The monoisotopic (exact) mass is 540 g/mol. The first-order valence-corrected chi connectivity index (χ1v) is 13.7. The first kappa shape index (κ1) is 27.3. The summed E-state index contributed by atoms with van der Waals surface area (Å²) in [7, 11) is 3.27. The van der Waals surface area contributed by atoms with Crippen LogP contribution in [-0.2, 0) is 13.0 Å². The molecule has 0 radical (unpaired) electrons. The second kappa shape index (κ2) is 12.3. The summed E-state index contributed by atoms with van der Waals surface area (Å²) in [4.78, 5) is 26.9. The molecule has 0 saturated carbocycles. The van der Waals surface area contributed by atoms with Gasteiger partial charge in [0.25, 0.3) is 5.91 Å². The van der Waals surface area contributed by atoms with Crippen molar-refractivity contribution in [2.75, 3.05) is 33.8 Å². The van der Waals surface area contributed by atoms with E-state index in [-0.39, 0.29) is 5.91 Å². The largest absolute Gasteiger partial charge is 0.496 e. The molecular weight excluding hydrogens is 504 g/mol. The maximum absolute atomic E-state index is 12.7. The number of fused-ring (bicyclic) bond motifs is 1. The quantitative estimate of drug-likeness (QED) is 0.307. The third kappa shape index (κ3) is 5.82. The number of methoxy groups -OCH3 is 1. The number of nitrogens with one attached hydrogen (secondary N) is 1. The minimum Gasteiger partial charge on any atom is -0.496 e. The smallest absolute Gasteiger partial charge is 0.254 e. The number of nitrogens with zero attached hydrogens (tertiary/aromatic N) is 2. The van der Waals surface area contributed by atoms with Crippen molar-refractivity contribution >= 4 is 22.7 Å². The summed E-state index contributed by atoms with van der Waals surface area (Å²) in [5, 5.41) is 3.84. The average molecular weight is 541 g/mol. The molecule has 0 unspecified atom stereocenters. The van der Waals surface area contributed by atoms with E-state index in [0.29, 0.717) is 35.9 Å². The summed E-state index contributed by atoms with van der Waals surface area (Å²) in [6, 6.07) is 21.6. The highest BCUT2D eigenvalue weighted by Crippen LogP contribution is 2.35. The van der Waals surface area contributed by atoms with Crippen LogP contribution < -0.4 is 20.5 Å². The highest BCUT2D eigenvalue weighted by molar-refractivity contribution is 5.98. The van der Waals surface area contributed by atoms with Gasteiger partial charge in [0.05, 0.1) is 12.7 Å². The van der Waals surface area contributed by atoms with Crippen LogP contribution in [0.5, 0.6) is 11.5 Å². The Kier molecular flexibility index (Phi) is 8.36. The molecule has 3 aromatic carbocycles. The van der Waals surface area contributed by atoms with E-state index in [4.69, 9.17) is 15.2 Å². The molecule has 2 heterocycles. The number of primary amides is 1. The molecule has 0 spiro atoms. The number of likely N-dealkylation sites (tertiary alicyclic amines) is 1. The molecule has 8 nitrogen and oxygen atoms in total. The van der Waals surface area contributed by atoms with Crippen molar-refractivity contribution in [1.29, 1.82) is 0 Å². The second-order valence-corrected chi connectivity index (χ2v) is 10.2. The molecule has 2 amide bonds. The van der Waals surface area contributed by atoms with Gasteiger partial charge in [0, 0.05) is 55.6 Å². The third-order valence-electron chi connectivity index (χ3n) is 7.77. The zero-order valence-electron chi connectivity index (χ0n) is 23.1. The molecule has 0 atom stereocenters. The Balaban J connectivity index is 1.30. The van der Waals surface area contributed by atoms with Gasteiger partial charge in [-0.15, -0.1) is 0 Å². The van der Waals surface area contributed by atoms with Crippen molar-refractivity contribution in [1.82, 2.24) is 14.8 Å². The van der Waals surface area contributed by atoms with Gasteiger partial charge in [0.15, 0.2) is 0 Å². The predicted molar refractivity (Wildman–Crippen MR) is 156 cm³/mol. The van der Waals surface area contributed by atoms with Gasteiger partial charge in [-0.2, -0.15) is 0 Å². The Labute approximate surface area is 234 Å². The fourth-order valence-electron chi connectivity index (χ4n) is 5.56. The van der Waals surface area contributed by atoms with Crippen molar-refractivity contribution in [3.05, 3.63) is 95.2 Å². The van der Waals surface area contributed by atoms with Gasteiger partial charge in [-0.05, 0) is 60.5 Å². The molecule has 0 aliphatic carbocycles. The van der Waals surface area contributed by atoms with E-state index < -0.39 is 5.91 Å². The van der Waals surface area contributed by atoms with Crippen LogP contribution >= 0.6 is 0 Å². The van der Waals surface area contributed by atoms with E-state index in [1.165, 1.54) is 0 Å². The van der Waals surface area contributed by atoms with E-state index >= 15 is 0 Å². The van der Waals surface area contributed by atoms with Crippen LogP contribution in [0.15, 0.2) is 72.9 Å². The van der Waals surface area contributed by atoms with Crippen molar-refractivity contribution in [2.24, 2.45) is 5.73 Å². The molecule has 0 bridgehead atoms. The van der Waals surface area contributed by atoms with E-state index in [1.807, 2.05) is 48.5 Å². The molecule has 208 valence electrons. The zero-order valence-corrected chi connectivity index (χ0v) is 23.1. The van der Waals surface area contributed by atoms with Crippen LogP contribution in [0.1, 0.15) is 50.7 Å². The Bertz CT molecular complexity index is 1490. The summed E-state index contributed by atoms with van der Waals surface area (Å²) in [6.07, 6.45) is 4.80. The van der Waals surface area contributed by atoms with Gasteiger partial charge >= 0.3 is 0 Å². The van der Waals surface area contributed by atoms with Gasteiger partial charge in [0.1, 0.15) is 18.1 Å². The molecule has 40 heavy (non-hydrogen) atoms. The van der Waals surface area contributed by atoms with Crippen LogP contribution in [0.25, 0.3) is 10.9 Å². The first-order chi connectivity index (χ1) is 19.5. The topological polar surface area (TPSA) is 98.8 Å². The van der Waals surface area contributed by atoms with Gasteiger partial charge in [0.2, 0.25) is 5.91 Å². The van der Waals surface area contributed by atoms with Crippen LogP contribution in [0.3, 0.4) is 0 Å². The first-order valence-electron chi connectivity index (χ1n) is 13.7. The molecule has 1 aliphatic rings. The molecular formula is C32H36N4O4. The van der Waals surface area contributed by atoms with Crippen molar-refractivity contribution in [3.8, 4) is 11.5 Å². The number of benzene rings is 3. The third-order valence-corrected chi connectivity index (χ3v) is 7.77. The average Bonchev–Trinajstić information content (AvgIpc) is 3.42. The molecule has 1 saturated heterocycles. The van der Waals surface area contributed by atoms with Crippen LogP contribution in [0.2, 0.25) is 0 Å². The number of carbonyl (C=O) groups is 2. The van der Waals surface area contributed by atoms with E-state index in [1.54, 1.807) is 26.3 Å². The molecule has 5 rings (SSSR count). The van der Waals surface area contributed by atoms with Crippen LogP contribution in [0, 0.1) is 0 Å². The number of hydrogen-bond acceptors (Lipinski definition) is 5. The summed E-state index contributed by atoms with van der Waals surface area (Å²) in [5.41, 5.74) is 9.53. The second-order valence-electron chi connectivity index (χ2n) is 10.2. The van der Waals surface area contributed by atoms with Gasteiger partial charge in [-0.1, -0.05) is 36.4 Å². The van der Waals surface area contributed by atoms with Gasteiger partial charge < -0.3 is 30.0 Å². The minimum absolute atomic E-state index is 0.189. The fourth-order valence-corrected chi connectivity index (χ4v) is 5.56. The van der Waals surface area contributed by atoms with E-state index in [9.17, 15) is 9.59 Å². The van der Waals surface area contributed by atoms with Crippen molar-refractivity contribution < 1.29 is 19.1 Å². The summed E-state index contributed by atoms with van der Waals surface area (Å²) in [5.74, 6) is 0.690. The van der Waals surface area contributed by atoms with Gasteiger partial charge in [-0.3, -0.25) is 9.59 Å². The number of nitrogens with two attached hydrogens (primary N) is 1. The lowest BCUT2D eigenvalue weighted by Gasteiger charge is -2.33. The Morgan fingerprint density at radius 2 is 1.80 bits per heavy atom. The minimum atomic E-state index is -0.410. The number of ether oxygens (including phenoxy) is 2. The summed E-state index contributed by atoms with van der Waals surface area (Å²) >= 11 is 0. The molecule has 1 fully saturated rings. The Hall–Kier alpha value is -4.30. The highest BCUT2D eigenvalue weighted by Gasteiger charge is 2.24. The fraction of sp³-hybridized carbons (Fsp3) is 0.312. The Morgan fingerprint density at radius 1 is 1.02 bits per heavy atom. The maximum Gasteiger partial charge on any atom is 0.254 e. The Morgan fingerprint density at radius 3 is 2.50 bits per heavy atom. The molecule has 4 aromatic rings. The molecule has 3 N–H and O–H groups in total. The number of carbonyl (C=O) groups excluding carboxylic acids is 2.